The van der Waals surface area contributed by atoms with Gasteiger partial charge in [0.1, 0.15) is 17.0 Å². The number of amides is 2. The Morgan fingerprint density at radius 2 is 1.97 bits per heavy atom. The molecule has 0 spiro atoms. The number of alkyl halides is 3. The maximum Gasteiger partial charge on any atom is 0.419 e. The number of pyridine rings is 1. The maximum absolute atomic E-state index is 13.5. The van der Waals surface area contributed by atoms with E-state index >= 15 is 0 Å². The second-order valence-electron chi connectivity index (χ2n) is 8.76. The van der Waals surface area contributed by atoms with Crippen molar-refractivity contribution in [3.8, 4) is 11.5 Å². The van der Waals surface area contributed by atoms with E-state index in [0.717, 1.165) is 18.3 Å². The zero-order chi connectivity index (χ0) is 28.1. The highest BCUT2D eigenvalue weighted by molar-refractivity contribution is 6.13. The molecule has 1 aromatic heterocycles. The van der Waals surface area contributed by atoms with Gasteiger partial charge in [0, 0.05) is 18.6 Å². The van der Waals surface area contributed by atoms with Gasteiger partial charge in [-0.15, -0.1) is 0 Å². The number of hydrogen-bond donors (Lipinski definition) is 4. The quantitative estimate of drug-likeness (QED) is 0.272. The summed E-state index contributed by atoms with van der Waals surface area (Å²) in [5, 5.41) is 15.1. The lowest BCUT2D eigenvalue weighted by atomic mass is 10.1. The molecule has 1 aromatic carbocycles. The van der Waals surface area contributed by atoms with Crippen LogP contribution in [0.4, 0.5) is 13.2 Å². The number of carbonyl (C=O) groups is 2. The van der Waals surface area contributed by atoms with Crippen LogP contribution in [0.5, 0.6) is 11.5 Å². The van der Waals surface area contributed by atoms with Crippen LogP contribution in [0.1, 0.15) is 55.7 Å². The van der Waals surface area contributed by atoms with Crippen LogP contribution in [-0.2, 0) is 15.8 Å². The van der Waals surface area contributed by atoms with Gasteiger partial charge in [-0.2, -0.15) is 13.2 Å². The first-order valence-electron chi connectivity index (χ1n) is 11.6. The molecule has 38 heavy (non-hydrogen) atoms. The van der Waals surface area contributed by atoms with E-state index in [2.05, 4.69) is 27.2 Å². The Morgan fingerprint density at radius 1 is 1.26 bits per heavy atom. The first kappa shape index (κ1) is 28.4. The minimum Gasteiger partial charge on any atom is -0.455 e. The topological polar surface area (TPSA) is 139 Å². The summed E-state index contributed by atoms with van der Waals surface area (Å²) in [6, 6.07) is 5.69. The molecule has 0 bridgehead atoms. The van der Waals surface area contributed by atoms with E-state index < -0.39 is 47.0 Å². The zero-order valence-electron chi connectivity index (χ0n) is 20.7. The van der Waals surface area contributed by atoms with E-state index in [-0.39, 0.29) is 16.9 Å². The summed E-state index contributed by atoms with van der Waals surface area (Å²) in [6.45, 7) is 6.47. The normalized spacial score (nSPS) is 16.4. The first-order chi connectivity index (χ1) is 17.9. The third kappa shape index (κ3) is 6.76. The van der Waals surface area contributed by atoms with Crippen molar-refractivity contribution in [3.05, 3.63) is 77.9 Å². The van der Waals surface area contributed by atoms with Crippen molar-refractivity contribution in [2.45, 2.75) is 50.6 Å². The Morgan fingerprint density at radius 3 is 2.50 bits per heavy atom. The van der Waals surface area contributed by atoms with Crippen molar-refractivity contribution in [2.24, 2.45) is 10.7 Å². The van der Waals surface area contributed by atoms with Crippen molar-refractivity contribution < 1.29 is 32.6 Å². The molecule has 2 atom stereocenters. The molecule has 0 aliphatic heterocycles. The number of halogens is 3. The molecule has 9 nitrogen and oxygen atoms in total. The summed E-state index contributed by atoms with van der Waals surface area (Å²) in [5.74, 6) is -1.35. The molecule has 1 aliphatic rings. The average Bonchev–Trinajstić information content (AvgIpc) is 3.65. The molecule has 5 N–H and O–H groups in total. The number of hydrogen-bond acceptors (Lipinski definition) is 7. The smallest absolute Gasteiger partial charge is 0.419 e. The van der Waals surface area contributed by atoms with Crippen LogP contribution in [0.2, 0.25) is 0 Å². The fourth-order valence-electron chi connectivity index (χ4n) is 3.50. The highest BCUT2D eigenvalue weighted by Crippen LogP contribution is 2.40. The number of aromatic nitrogens is 1. The van der Waals surface area contributed by atoms with Gasteiger partial charge in [-0.05, 0) is 56.5 Å². The fourth-order valence-corrected chi connectivity index (χ4v) is 3.50. The highest BCUT2D eigenvalue weighted by atomic mass is 19.4. The molecule has 0 saturated heterocycles. The average molecular weight is 532 g/mol. The van der Waals surface area contributed by atoms with Crippen molar-refractivity contribution in [3.63, 3.8) is 0 Å². The van der Waals surface area contributed by atoms with Gasteiger partial charge in [0.25, 0.3) is 5.91 Å². The molecular formula is C26H28F3N5O4. The van der Waals surface area contributed by atoms with E-state index in [1.165, 1.54) is 43.7 Å². The van der Waals surface area contributed by atoms with Crippen molar-refractivity contribution in [1.82, 2.24) is 15.6 Å². The third-order valence-electron chi connectivity index (χ3n) is 5.87. The predicted molar refractivity (Wildman–Crippen MR) is 134 cm³/mol. The van der Waals surface area contributed by atoms with E-state index in [1.807, 2.05) is 0 Å². The van der Waals surface area contributed by atoms with E-state index in [9.17, 15) is 27.9 Å². The second-order valence-corrected chi connectivity index (χ2v) is 8.76. The van der Waals surface area contributed by atoms with Crippen LogP contribution >= 0.6 is 0 Å². The Labute approximate surface area is 217 Å². The monoisotopic (exact) mass is 531 g/mol. The Balaban J connectivity index is 1.67. The summed E-state index contributed by atoms with van der Waals surface area (Å²) in [6.07, 6.45) is -0.114. The Hall–Kier alpha value is -4.19. The lowest BCUT2D eigenvalue weighted by Gasteiger charge is -2.21. The standard InChI is InChI=1S/C26H28F3N5O4/c1-4-31-13-18(12-30)23(36)34-25(9-10-25)24(37)33-15(2)21-7-6-19(14-32-21)38-22-8-5-17(16(3)35)11-20(22)26(27,28)29/h4-8,11-16,35H,1,9-10,30H2,2-3H3,(H,33,37)(H,34,36)/b18-12+,31-13-. The van der Waals surface area contributed by atoms with Gasteiger partial charge in [-0.25, -0.2) is 0 Å². The van der Waals surface area contributed by atoms with Gasteiger partial charge in [0.15, 0.2) is 0 Å². The van der Waals surface area contributed by atoms with Crippen molar-refractivity contribution in [2.75, 3.05) is 0 Å². The van der Waals surface area contributed by atoms with Crippen LogP contribution < -0.4 is 21.1 Å². The minimum absolute atomic E-state index is 0.0517. The number of rotatable bonds is 10. The van der Waals surface area contributed by atoms with Gasteiger partial charge < -0.3 is 26.2 Å². The van der Waals surface area contributed by atoms with Crippen LogP contribution in [0.25, 0.3) is 0 Å². The number of ether oxygens (including phenoxy) is 1. The van der Waals surface area contributed by atoms with Crippen LogP contribution in [0.15, 0.2) is 66.1 Å². The number of nitrogens with zero attached hydrogens (tertiary/aromatic N) is 2. The molecule has 12 heteroatoms. The van der Waals surface area contributed by atoms with Gasteiger partial charge in [-0.1, -0.05) is 12.6 Å². The lowest BCUT2D eigenvalue weighted by molar-refractivity contribution is -0.138. The number of aliphatic hydroxyl groups excluding tert-OH is 1. The molecule has 1 aliphatic carbocycles. The van der Waals surface area contributed by atoms with E-state index in [4.69, 9.17) is 10.5 Å². The first-order valence-corrected chi connectivity index (χ1v) is 11.6. The molecule has 1 saturated carbocycles. The maximum atomic E-state index is 13.5. The third-order valence-corrected chi connectivity index (χ3v) is 5.87. The van der Waals surface area contributed by atoms with Gasteiger partial charge in [0.05, 0.1) is 35.2 Å². The van der Waals surface area contributed by atoms with E-state index in [0.29, 0.717) is 18.5 Å². The molecule has 202 valence electrons. The summed E-state index contributed by atoms with van der Waals surface area (Å²) >= 11 is 0. The van der Waals surface area contributed by atoms with Gasteiger partial charge in [0.2, 0.25) is 5.91 Å². The molecular weight excluding hydrogens is 503 g/mol. The Kier molecular flexibility index (Phi) is 8.56. The number of aliphatic imine (C=N–C) groups is 1. The number of nitrogens with two attached hydrogens (primary N) is 1. The largest absolute Gasteiger partial charge is 0.455 e. The lowest BCUT2D eigenvalue weighted by Crippen LogP contribution is -2.50. The molecule has 3 rings (SSSR count). The number of aliphatic hydroxyl groups is 1. The summed E-state index contributed by atoms with van der Waals surface area (Å²) in [5.41, 5.74) is 3.95. The highest BCUT2D eigenvalue weighted by Gasteiger charge is 2.51. The molecule has 2 unspecified atom stereocenters. The SMILES string of the molecule is C=C/N=C\C(=C/N)C(=O)NC1(C(=O)NC(C)c2ccc(Oc3ccc(C(C)O)cc3C(F)(F)F)cn2)CC1. The number of benzene rings is 1. The molecule has 2 amide bonds. The minimum atomic E-state index is -4.69. The molecule has 1 fully saturated rings. The molecule has 1 heterocycles. The summed E-state index contributed by atoms with van der Waals surface area (Å²) < 4.78 is 46.0. The van der Waals surface area contributed by atoms with Crippen LogP contribution in [0.3, 0.4) is 0 Å². The number of carbonyl (C=O) groups excluding carboxylic acids is 2. The molecule has 2 aromatic rings. The summed E-state index contributed by atoms with van der Waals surface area (Å²) in [7, 11) is 0. The number of nitrogens with one attached hydrogen (secondary N) is 2. The van der Waals surface area contributed by atoms with Gasteiger partial charge >= 0.3 is 6.18 Å². The van der Waals surface area contributed by atoms with Crippen LogP contribution in [0, 0.1) is 0 Å². The molecule has 0 radical (unpaired) electrons. The van der Waals surface area contributed by atoms with E-state index in [1.54, 1.807) is 6.92 Å². The van der Waals surface area contributed by atoms with Crippen molar-refractivity contribution >= 4 is 18.0 Å². The Bertz CT molecular complexity index is 1250. The second kappa shape index (κ2) is 11.5. The predicted octanol–water partition coefficient (Wildman–Crippen LogP) is 3.83. The van der Waals surface area contributed by atoms with Crippen LogP contribution in [-0.4, -0.2) is 33.7 Å². The summed E-state index contributed by atoms with van der Waals surface area (Å²) in [4.78, 5) is 33.3. The zero-order valence-corrected chi connectivity index (χ0v) is 20.7. The van der Waals surface area contributed by atoms with Crippen molar-refractivity contribution in [1.29, 1.82) is 0 Å². The fraction of sp³-hybridized carbons (Fsp3) is 0.308. The van der Waals surface area contributed by atoms with Gasteiger partial charge in [-0.3, -0.25) is 19.6 Å².